The van der Waals surface area contributed by atoms with Crippen LogP contribution in [-0.2, 0) is 19.6 Å². The van der Waals surface area contributed by atoms with Gasteiger partial charge in [0.1, 0.15) is 16.7 Å². The Morgan fingerprint density at radius 1 is 1.30 bits per heavy atom. The number of methoxy groups -OCH3 is 1. The minimum absolute atomic E-state index is 0.0924. The summed E-state index contributed by atoms with van der Waals surface area (Å²) in [6, 6.07) is 3.40. The van der Waals surface area contributed by atoms with Gasteiger partial charge in [0.15, 0.2) is 0 Å². The second kappa shape index (κ2) is 9.16. The maximum absolute atomic E-state index is 13.0. The van der Waals surface area contributed by atoms with Crippen molar-refractivity contribution in [2.75, 3.05) is 40.0 Å². The summed E-state index contributed by atoms with van der Waals surface area (Å²) in [4.78, 5) is 24.1. The van der Waals surface area contributed by atoms with E-state index < -0.39 is 22.0 Å². The van der Waals surface area contributed by atoms with Gasteiger partial charge in [0.2, 0.25) is 15.9 Å². The van der Waals surface area contributed by atoms with E-state index in [0.29, 0.717) is 19.8 Å². The molecular weight excluding hydrogens is 374 g/mol. The third-order valence-electron chi connectivity index (χ3n) is 4.11. The van der Waals surface area contributed by atoms with E-state index in [1.165, 1.54) is 29.6 Å². The van der Waals surface area contributed by atoms with E-state index in [2.05, 4.69) is 10.6 Å². The van der Waals surface area contributed by atoms with Crippen LogP contribution < -0.4 is 15.4 Å². The van der Waals surface area contributed by atoms with Crippen LogP contribution in [0.25, 0.3) is 0 Å². The average molecular weight is 399 g/mol. The first-order valence-electron chi connectivity index (χ1n) is 8.65. The lowest BCUT2D eigenvalue weighted by molar-refractivity contribution is -0.122. The normalized spacial score (nSPS) is 16.4. The van der Waals surface area contributed by atoms with E-state index in [1.54, 1.807) is 13.8 Å². The highest BCUT2D eigenvalue weighted by molar-refractivity contribution is 7.89. The Morgan fingerprint density at radius 3 is 2.56 bits per heavy atom. The molecule has 10 heteroatoms. The number of amides is 2. The minimum Gasteiger partial charge on any atom is -0.495 e. The molecule has 0 spiro atoms. The van der Waals surface area contributed by atoms with E-state index in [-0.39, 0.29) is 35.2 Å². The zero-order chi connectivity index (χ0) is 20.0. The number of nitrogens with one attached hydrogen (secondary N) is 2. The molecule has 1 atom stereocenters. The molecule has 0 bridgehead atoms. The molecular formula is C17H25N3O6S. The summed E-state index contributed by atoms with van der Waals surface area (Å²) in [6.45, 7) is 4.86. The molecule has 0 unspecified atom stereocenters. The van der Waals surface area contributed by atoms with Gasteiger partial charge in [-0.15, -0.1) is 0 Å². The number of ether oxygens (including phenoxy) is 2. The Labute approximate surface area is 159 Å². The first-order chi connectivity index (χ1) is 12.8. The Morgan fingerprint density at radius 2 is 1.96 bits per heavy atom. The van der Waals surface area contributed by atoms with Crippen molar-refractivity contribution < 1.29 is 27.5 Å². The Balaban J connectivity index is 2.29. The van der Waals surface area contributed by atoms with Gasteiger partial charge in [0.25, 0.3) is 5.91 Å². The van der Waals surface area contributed by atoms with Crippen LogP contribution in [0.3, 0.4) is 0 Å². The molecule has 0 radical (unpaired) electrons. The highest BCUT2D eigenvalue weighted by Gasteiger charge is 2.30. The van der Waals surface area contributed by atoms with E-state index in [1.807, 2.05) is 0 Å². The molecule has 1 heterocycles. The highest BCUT2D eigenvalue weighted by atomic mass is 32.2. The molecule has 1 fully saturated rings. The number of carbonyl (C=O) groups excluding carboxylic acids is 2. The third-order valence-corrected chi connectivity index (χ3v) is 6.03. The molecule has 150 valence electrons. The zero-order valence-corrected chi connectivity index (χ0v) is 16.5. The number of nitrogens with zero attached hydrogens (tertiary/aromatic N) is 1. The van der Waals surface area contributed by atoms with Gasteiger partial charge in [0, 0.05) is 25.2 Å². The van der Waals surface area contributed by atoms with Crippen molar-refractivity contribution in [2.45, 2.75) is 24.8 Å². The molecule has 1 aliphatic rings. The molecule has 2 amide bonds. The van der Waals surface area contributed by atoms with Gasteiger partial charge < -0.3 is 20.1 Å². The molecule has 1 aromatic carbocycles. The summed E-state index contributed by atoms with van der Waals surface area (Å²) in [5.74, 6) is -0.717. The van der Waals surface area contributed by atoms with Crippen LogP contribution >= 0.6 is 0 Å². The monoisotopic (exact) mass is 399 g/mol. The lowest BCUT2D eigenvalue weighted by Gasteiger charge is -2.26. The summed E-state index contributed by atoms with van der Waals surface area (Å²) in [7, 11) is -2.48. The maximum Gasteiger partial charge on any atom is 0.251 e. The lowest BCUT2D eigenvalue weighted by atomic mass is 10.2. The highest BCUT2D eigenvalue weighted by Crippen LogP contribution is 2.28. The van der Waals surface area contributed by atoms with Crippen LogP contribution in [0.15, 0.2) is 23.1 Å². The summed E-state index contributed by atoms with van der Waals surface area (Å²) in [5, 5.41) is 5.17. The first kappa shape index (κ1) is 21.1. The Bertz CT molecular complexity index is 790. The summed E-state index contributed by atoms with van der Waals surface area (Å²) < 4.78 is 37.6. The standard InChI is InChI=1S/C17H25N3O6S/c1-4-18-16(21)12(2)19-17(22)13-5-6-14(25-3)15(11-13)27(23,24)20-7-9-26-10-8-20/h5-6,11-12H,4,7-10H2,1-3H3,(H,18,21)(H,19,22)/t12-/m1/s1. The predicted molar refractivity (Wildman–Crippen MR) is 98.2 cm³/mol. The van der Waals surface area contributed by atoms with Crippen LogP contribution in [0, 0.1) is 0 Å². The van der Waals surface area contributed by atoms with Gasteiger partial charge in [0.05, 0.1) is 20.3 Å². The fourth-order valence-electron chi connectivity index (χ4n) is 2.62. The molecule has 0 saturated carbocycles. The third kappa shape index (κ3) is 4.96. The van der Waals surface area contributed by atoms with Crippen molar-refractivity contribution in [3.8, 4) is 5.75 Å². The van der Waals surface area contributed by atoms with Gasteiger partial charge in [-0.05, 0) is 32.0 Å². The average Bonchev–Trinajstić information content (AvgIpc) is 2.68. The van der Waals surface area contributed by atoms with Crippen LogP contribution in [-0.4, -0.2) is 70.5 Å². The molecule has 0 aromatic heterocycles. The predicted octanol–water partition coefficient (Wildman–Crippen LogP) is -0.0295. The minimum atomic E-state index is -3.85. The fourth-order valence-corrected chi connectivity index (χ4v) is 4.21. The molecule has 9 nitrogen and oxygen atoms in total. The second-order valence-corrected chi connectivity index (χ2v) is 7.88. The number of sulfonamides is 1. The van der Waals surface area contributed by atoms with E-state index >= 15 is 0 Å². The first-order valence-corrected chi connectivity index (χ1v) is 10.1. The smallest absolute Gasteiger partial charge is 0.251 e. The largest absolute Gasteiger partial charge is 0.495 e. The van der Waals surface area contributed by atoms with E-state index in [4.69, 9.17) is 9.47 Å². The molecule has 2 N–H and O–H groups in total. The summed E-state index contributed by atoms with van der Waals surface area (Å²) in [6.07, 6.45) is 0. The number of hydrogen-bond acceptors (Lipinski definition) is 6. The molecule has 27 heavy (non-hydrogen) atoms. The molecule has 1 aliphatic heterocycles. The SMILES string of the molecule is CCNC(=O)[C@@H](C)NC(=O)c1ccc(OC)c(S(=O)(=O)N2CCOCC2)c1. The Hall–Kier alpha value is -2.17. The van der Waals surface area contributed by atoms with Crippen molar-refractivity contribution in [1.82, 2.24) is 14.9 Å². The molecule has 0 aliphatic carbocycles. The van der Waals surface area contributed by atoms with E-state index in [0.717, 1.165) is 0 Å². The summed E-state index contributed by atoms with van der Waals surface area (Å²) >= 11 is 0. The number of carbonyl (C=O) groups is 2. The van der Waals surface area contributed by atoms with Gasteiger partial charge >= 0.3 is 0 Å². The quantitative estimate of drug-likeness (QED) is 0.666. The van der Waals surface area contributed by atoms with Gasteiger partial charge in [-0.3, -0.25) is 9.59 Å². The van der Waals surface area contributed by atoms with Crippen molar-refractivity contribution >= 4 is 21.8 Å². The van der Waals surface area contributed by atoms with Crippen LogP contribution in [0.1, 0.15) is 24.2 Å². The maximum atomic E-state index is 13.0. The van der Waals surface area contributed by atoms with Crippen LogP contribution in [0.5, 0.6) is 5.75 Å². The number of likely N-dealkylation sites (N-methyl/N-ethyl adjacent to an activating group) is 1. The van der Waals surface area contributed by atoms with Crippen LogP contribution in [0.2, 0.25) is 0 Å². The van der Waals surface area contributed by atoms with Gasteiger partial charge in [-0.1, -0.05) is 0 Å². The Kier molecular flexibility index (Phi) is 7.17. The van der Waals surface area contributed by atoms with Crippen molar-refractivity contribution in [3.05, 3.63) is 23.8 Å². The number of hydrogen-bond donors (Lipinski definition) is 2. The topological polar surface area (TPSA) is 114 Å². The number of benzene rings is 1. The van der Waals surface area contributed by atoms with Crippen molar-refractivity contribution in [2.24, 2.45) is 0 Å². The van der Waals surface area contributed by atoms with Gasteiger partial charge in [-0.25, -0.2) is 8.42 Å². The molecule has 1 aromatic rings. The number of rotatable bonds is 7. The van der Waals surface area contributed by atoms with Crippen molar-refractivity contribution in [3.63, 3.8) is 0 Å². The summed E-state index contributed by atoms with van der Waals surface area (Å²) in [5.41, 5.74) is 0.124. The van der Waals surface area contributed by atoms with E-state index in [9.17, 15) is 18.0 Å². The zero-order valence-electron chi connectivity index (χ0n) is 15.6. The van der Waals surface area contributed by atoms with Crippen molar-refractivity contribution in [1.29, 1.82) is 0 Å². The van der Waals surface area contributed by atoms with Crippen LogP contribution in [0.4, 0.5) is 0 Å². The molecule has 2 rings (SSSR count). The second-order valence-electron chi connectivity index (χ2n) is 5.97. The lowest BCUT2D eigenvalue weighted by Crippen LogP contribution is -2.44. The fraction of sp³-hybridized carbons (Fsp3) is 0.529. The number of morpholine rings is 1. The van der Waals surface area contributed by atoms with Gasteiger partial charge in [-0.2, -0.15) is 4.31 Å². The molecule has 1 saturated heterocycles.